The Balaban J connectivity index is 3.09. The topological polar surface area (TPSA) is 46.2 Å². The molecule has 0 heterocycles. The van der Waals surface area contributed by atoms with Crippen LogP contribution in [0.4, 0.5) is 0 Å². The Morgan fingerprint density at radius 2 is 1.73 bits per heavy atom. The molecule has 0 amide bonds. The number of hydrogen-bond acceptors (Lipinski definition) is 2. The molecule has 1 unspecified atom stereocenters. The van der Waals surface area contributed by atoms with E-state index in [9.17, 15) is 0 Å². The number of unbranched alkanes of at least 4 members (excludes halogenated alkanes) is 6. The summed E-state index contributed by atoms with van der Waals surface area (Å²) >= 11 is 0. The van der Waals surface area contributed by atoms with Crippen molar-refractivity contribution in [1.29, 1.82) is 0 Å². The molecule has 90 valence electrons. The molecule has 0 aliphatic carbocycles. The molecule has 0 aromatic heterocycles. The largest absolute Gasteiger partial charge is 0.395 e. The molecule has 2 heteroatoms. The van der Waals surface area contributed by atoms with E-state index in [2.05, 4.69) is 19.1 Å². The number of aliphatic hydroxyl groups excluding tert-OH is 1. The molecule has 0 fully saturated rings. The van der Waals surface area contributed by atoms with E-state index in [-0.39, 0.29) is 12.6 Å². The fraction of sp³-hybridized carbons (Fsp3) is 0.846. The molecular weight excluding hydrogens is 186 g/mol. The summed E-state index contributed by atoms with van der Waals surface area (Å²) in [5, 5.41) is 8.70. The second kappa shape index (κ2) is 11.7. The van der Waals surface area contributed by atoms with E-state index in [1.165, 1.54) is 38.5 Å². The summed E-state index contributed by atoms with van der Waals surface area (Å²) in [7, 11) is 0. The Morgan fingerprint density at radius 1 is 1.07 bits per heavy atom. The number of hydrogen-bond donors (Lipinski definition) is 2. The van der Waals surface area contributed by atoms with Crippen LogP contribution in [0.25, 0.3) is 0 Å². The van der Waals surface area contributed by atoms with Crippen molar-refractivity contribution in [1.82, 2.24) is 0 Å². The average Bonchev–Trinajstić information content (AvgIpc) is 2.26. The molecule has 0 bridgehead atoms. The van der Waals surface area contributed by atoms with Crippen molar-refractivity contribution in [2.24, 2.45) is 5.73 Å². The third-order valence-electron chi connectivity index (χ3n) is 2.56. The average molecular weight is 213 g/mol. The predicted molar refractivity (Wildman–Crippen MR) is 66.8 cm³/mol. The Kier molecular flexibility index (Phi) is 11.5. The number of allylic oxidation sites excluding steroid dienone is 1. The quantitative estimate of drug-likeness (QED) is 0.433. The zero-order valence-electron chi connectivity index (χ0n) is 10.1. The summed E-state index contributed by atoms with van der Waals surface area (Å²) < 4.78 is 0. The van der Waals surface area contributed by atoms with E-state index in [1.54, 1.807) is 0 Å². The van der Waals surface area contributed by atoms with E-state index < -0.39 is 0 Å². The van der Waals surface area contributed by atoms with Crippen LogP contribution in [0.1, 0.15) is 58.3 Å². The maximum absolute atomic E-state index is 8.70. The highest BCUT2D eigenvalue weighted by Gasteiger charge is 1.94. The minimum absolute atomic E-state index is 0.0780. The molecule has 0 spiro atoms. The van der Waals surface area contributed by atoms with Crippen LogP contribution in [0.3, 0.4) is 0 Å². The highest BCUT2D eigenvalue weighted by Crippen LogP contribution is 2.07. The van der Waals surface area contributed by atoms with Crippen molar-refractivity contribution in [2.45, 2.75) is 64.3 Å². The van der Waals surface area contributed by atoms with Gasteiger partial charge in [0.1, 0.15) is 0 Å². The Hall–Kier alpha value is -0.340. The fourth-order valence-electron chi connectivity index (χ4n) is 1.51. The van der Waals surface area contributed by atoms with Gasteiger partial charge in [0.15, 0.2) is 0 Å². The zero-order valence-corrected chi connectivity index (χ0v) is 10.1. The van der Waals surface area contributed by atoms with Gasteiger partial charge in [0.2, 0.25) is 0 Å². The van der Waals surface area contributed by atoms with Crippen molar-refractivity contribution in [3.8, 4) is 0 Å². The molecule has 0 rings (SSSR count). The van der Waals surface area contributed by atoms with E-state index in [0.29, 0.717) is 0 Å². The number of rotatable bonds is 10. The van der Waals surface area contributed by atoms with E-state index in [1.807, 2.05) is 0 Å². The summed E-state index contributed by atoms with van der Waals surface area (Å²) in [5.41, 5.74) is 5.57. The molecule has 0 aromatic rings. The molecule has 0 aromatic carbocycles. The molecular formula is C13H27NO. The monoisotopic (exact) mass is 213 g/mol. The van der Waals surface area contributed by atoms with Crippen LogP contribution in [0.15, 0.2) is 12.2 Å². The second-order valence-corrected chi connectivity index (χ2v) is 4.21. The summed E-state index contributed by atoms with van der Waals surface area (Å²) in [6, 6.07) is -0.0780. The standard InChI is InChI=1S/C13H27NO/c1-2-3-4-5-6-7-8-9-10-11-13(14)12-15/h9-10,13,15H,2-8,11-12,14H2,1H3/b10-9+. The lowest BCUT2D eigenvalue weighted by Gasteiger charge is -2.02. The van der Waals surface area contributed by atoms with Gasteiger partial charge in [0.05, 0.1) is 6.61 Å². The van der Waals surface area contributed by atoms with Gasteiger partial charge in [-0.2, -0.15) is 0 Å². The van der Waals surface area contributed by atoms with Crippen molar-refractivity contribution in [3.05, 3.63) is 12.2 Å². The van der Waals surface area contributed by atoms with Crippen LogP contribution in [-0.2, 0) is 0 Å². The van der Waals surface area contributed by atoms with Crippen molar-refractivity contribution < 1.29 is 5.11 Å². The summed E-state index contributed by atoms with van der Waals surface area (Å²) in [5.74, 6) is 0. The van der Waals surface area contributed by atoms with Crippen molar-refractivity contribution >= 4 is 0 Å². The molecule has 2 nitrogen and oxygen atoms in total. The Labute approximate surface area is 94.6 Å². The van der Waals surface area contributed by atoms with Gasteiger partial charge in [0, 0.05) is 6.04 Å². The van der Waals surface area contributed by atoms with Gasteiger partial charge in [-0.25, -0.2) is 0 Å². The molecule has 1 atom stereocenters. The van der Waals surface area contributed by atoms with Gasteiger partial charge in [-0.1, -0.05) is 51.2 Å². The lowest BCUT2D eigenvalue weighted by Crippen LogP contribution is -2.22. The third-order valence-corrected chi connectivity index (χ3v) is 2.56. The molecule has 0 saturated carbocycles. The van der Waals surface area contributed by atoms with Gasteiger partial charge in [0.25, 0.3) is 0 Å². The van der Waals surface area contributed by atoms with Gasteiger partial charge >= 0.3 is 0 Å². The SMILES string of the molecule is CCCCCCCC/C=C/CC(N)CO. The van der Waals surface area contributed by atoms with Crippen LogP contribution in [-0.4, -0.2) is 17.8 Å². The van der Waals surface area contributed by atoms with E-state index >= 15 is 0 Å². The van der Waals surface area contributed by atoms with Crippen LogP contribution < -0.4 is 5.73 Å². The van der Waals surface area contributed by atoms with E-state index in [0.717, 1.165) is 12.8 Å². The lowest BCUT2D eigenvalue weighted by atomic mass is 10.1. The summed E-state index contributed by atoms with van der Waals surface area (Å²) in [6.07, 6.45) is 14.3. The maximum atomic E-state index is 8.70. The van der Waals surface area contributed by atoms with Crippen LogP contribution in [0, 0.1) is 0 Å². The molecule has 0 radical (unpaired) electrons. The van der Waals surface area contributed by atoms with Gasteiger partial charge in [-0.3, -0.25) is 0 Å². The van der Waals surface area contributed by atoms with Crippen molar-refractivity contribution in [3.63, 3.8) is 0 Å². The second-order valence-electron chi connectivity index (χ2n) is 4.21. The zero-order chi connectivity index (χ0) is 11.4. The molecule has 15 heavy (non-hydrogen) atoms. The summed E-state index contributed by atoms with van der Waals surface area (Å²) in [6.45, 7) is 2.33. The predicted octanol–water partition coefficient (Wildman–Crippen LogP) is 3.00. The first-order valence-electron chi connectivity index (χ1n) is 6.32. The van der Waals surface area contributed by atoms with Gasteiger partial charge in [-0.05, 0) is 19.3 Å². The van der Waals surface area contributed by atoms with Crippen LogP contribution >= 0.6 is 0 Å². The minimum Gasteiger partial charge on any atom is -0.395 e. The van der Waals surface area contributed by atoms with Gasteiger partial charge < -0.3 is 10.8 Å². The number of nitrogens with two attached hydrogens (primary N) is 1. The fourth-order valence-corrected chi connectivity index (χ4v) is 1.51. The lowest BCUT2D eigenvalue weighted by molar-refractivity contribution is 0.266. The summed E-state index contributed by atoms with van der Waals surface area (Å²) in [4.78, 5) is 0. The number of aliphatic hydroxyl groups is 1. The van der Waals surface area contributed by atoms with Crippen LogP contribution in [0.2, 0.25) is 0 Å². The Bertz CT molecular complexity index is 145. The normalized spacial score (nSPS) is 13.5. The van der Waals surface area contributed by atoms with E-state index in [4.69, 9.17) is 10.8 Å². The minimum atomic E-state index is -0.0780. The first kappa shape index (κ1) is 14.7. The first-order chi connectivity index (χ1) is 7.31. The smallest absolute Gasteiger partial charge is 0.0585 e. The maximum Gasteiger partial charge on any atom is 0.0585 e. The van der Waals surface area contributed by atoms with Gasteiger partial charge in [-0.15, -0.1) is 0 Å². The van der Waals surface area contributed by atoms with Crippen molar-refractivity contribution in [2.75, 3.05) is 6.61 Å². The molecule has 0 aliphatic rings. The molecule has 0 saturated heterocycles. The Morgan fingerprint density at radius 3 is 2.40 bits per heavy atom. The highest BCUT2D eigenvalue weighted by molar-refractivity contribution is 4.85. The van der Waals surface area contributed by atoms with Crippen LogP contribution in [0.5, 0.6) is 0 Å². The first-order valence-corrected chi connectivity index (χ1v) is 6.32. The molecule has 3 N–H and O–H groups in total. The molecule has 0 aliphatic heterocycles. The highest BCUT2D eigenvalue weighted by atomic mass is 16.3. The third kappa shape index (κ3) is 11.6.